The standard InChI is InChI=1S/C12H18N4O2/c1-18-10-11(13-7-14-12(10)17)15-8-4-5-16(6-8)9-2-3-9/h7-9H,2-6H2,1H3,(H2,13,14,15,17). The Balaban J connectivity index is 1.69. The number of hydrogen-bond acceptors (Lipinski definition) is 5. The molecule has 3 rings (SSSR count). The van der Waals surface area contributed by atoms with E-state index in [1.807, 2.05) is 0 Å². The SMILES string of the molecule is COc1c(NC2CCN(C3CC3)C2)nc[nH]c1=O. The number of H-pyrrole nitrogens is 1. The van der Waals surface area contributed by atoms with Crippen LogP contribution in [-0.4, -0.2) is 47.2 Å². The van der Waals surface area contributed by atoms with Crippen LogP contribution in [0, 0.1) is 0 Å². The van der Waals surface area contributed by atoms with Crippen LogP contribution in [0.1, 0.15) is 19.3 Å². The molecule has 0 radical (unpaired) electrons. The molecule has 1 atom stereocenters. The molecule has 2 N–H and O–H groups in total. The lowest BCUT2D eigenvalue weighted by Gasteiger charge is -2.16. The van der Waals surface area contributed by atoms with Crippen LogP contribution in [0.15, 0.2) is 11.1 Å². The number of aromatic amines is 1. The quantitative estimate of drug-likeness (QED) is 0.811. The Morgan fingerprint density at radius 3 is 3.06 bits per heavy atom. The number of aromatic nitrogens is 2. The van der Waals surface area contributed by atoms with Gasteiger partial charge in [0.25, 0.3) is 5.56 Å². The van der Waals surface area contributed by atoms with E-state index < -0.39 is 0 Å². The molecule has 1 aromatic rings. The van der Waals surface area contributed by atoms with Gasteiger partial charge in [0.1, 0.15) is 0 Å². The molecular weight excluding hydrogens is 232 g/mol. The largest absolute Gasteiger partial charge is 0.489 e. The number of rotatable bonds is 4. The van der Waals surface area contributed by atoms with Crippen molar-refractivity contribution in [2.75, 3.05) is 25.5 Å². The lowest BCUT2D eigenvalue weighted by atomic mass is 10.2. The van der Waals surface area contributed by atoms with Crippen molar-refractivity contribution in [3.8, 4) is 5.75 Å². The second kappa shape index (κ2) is 4.61. The third-order valence-electron chi connectivity index (χ3n) is 3.64. The van der Waals surface area contributed by atoms with Crippen molar-refractivity contribution in [3.63, 3.8) is 0 Å². The van der Waals surface area contributed by atoms with Crippen molar-refractivity contribution in [1.29, 1.82) is 0 Å². The molecule has 1 saturated heterocycles. The summed E-state index contributed by atoms with van der Waals surface area (Å²) in [4.78, 5) is 20.7. The fourth-order valence-corrected chi connectivity index (χ4v) is 2.55. The molecule has 1 aliphatic carbocycles. The van der Waals surface area contributed by atoms with E-state index in [9.17, 15) is 4.79 Å². The van der Waals surface area contributed by atoms with Crippen molar-refractivity contribution in [2.24, 2.45) is 0 Å². The van der Waals surface area contributed by atoms with Gasteiger partial charge < -0.3 is 15.0 Å². The van der Waals surface area contributed by atoms with Gasteiger partial charge in [-0.05, 0) is 19.3 Å². The highest BCUT2D eigenvalue weighted by Gasteiger charge is 2.34. The molecule has 1 aromatic heterocycles. The molecule has 1 aliphatic heterocycles. The smallest absolute Gasteiger partial charge is 0.295 e. The van der Waals surface area contributed by atoms with Gasteiger partial charge in [-0.25, -0.2) is 4.98 Å². The van der Waals surface area contributed by atoms with Crippen LogP contribution in [0.3, 0.4) is 0 Å². The van der Waals surface area contributed by atoms with Crippen LogP contribution in [-0.2, 0) is 0 Å². The first-order valence-corrected chi connectivity index (χ1v) is 6.40. The van der Waals surface area contributed by atoms with E-state index in [0.29, 0.717) is 11.9 Å². The summed E-state index contributed by atoms with van der Waals surface area (Å²) in [5.74, 6) is 0.811. The van der Waals surface area contributed by atoms with E-state index in [-0.39, 0.29) is 11.3 Å². The van der Waals surface area contributed by atoms with Gasteiger partial charge in [-0.1, -0.05) is 0 Å². The lowest BCUT2D eigenvalue weighted by molar-refractivity contribution is 0.326. The molecule has 0 bridgehead atoms. The number of likely N-dealkylation sites (tertiary alicyclic amines) is 1. The zero-order valence-electron chi connectivity index (χ0n) is 10.5. The van der Waals surface area contributed by atoms with E-state index in [1.54, 1.807) is 0 Å². The highest BCUT2D eigenvalue weighted by Crippen LogP contribution is 2.30. The van der Waals surface area contributed by atoms with Crippen LogP contribution in [0.25, 0.3) is 0 Å². The van der Waals surface area contributed by atoms with Crippen LogP contribution >= 0.6 is 0 Å². The minimum Gasteiger partial charge on any atom is -0.489 e. The topological polar surface area (TPSA) is 70.2 Å². The third-order valence-corrected chi connectivity index (χ3v) is 3.64. The van der Waals surface area contributed by atoms with Crippen molar-refractivity contribution in [2.45, 2.75) is 31.3 Å². The van der Waals surface area contributed by atoms with Gasteiger partial charge in [-0.3, -0.25) is 9.69 Å². The van der Waals surface area contributed by atoms with Crippen LogP contribution in [0.5, 0.6) is 5.75 Å². The highest BCUT2D eigenvalue weighted by atomic mass is 16.5. The van der Waals surface area contributed by atoms with E-state index in [2.05, 4.69) is 20.2 Å². The number of nitrogens with one attached hydrogen (secondary N) is 2. The van der Waals surface area contributed by atoms with E-state index in [1.165, 1.54) is 26.3 Å². The molecule has 2 aliphatic rings. The maximum absolute atomic E-state index is 11.6. The summed E-state index contributed by atoms with van der Waals surface area (Å²) in [6.07, 6.45) is 5.16. The molecular formula is C12H18N4O2. The van der Waals surface area contributed by atoms with Crippen molar-refractivity contribution >= 4 is 5.82 Å². The van der Waals surface area contributed by atoms with Gasteiger partial charge in [0.2, 0.25) is 5.75 Å². The summed E-state index contributed by atoms with van der Waals surface area (Å²) in [6, 6.07) is 1.15. The summed E-state index contributed by atoms with van der Waals surface area (Å²) < 4.78 is 5.09. The maximum Gasteiger partial charge on any atom is 0.295 e. The van der Waals surface area contributed by atoms with Crippen LogP contribution < -0.4 is 15.6 Å². The molecule has 2 heterocycles. The molecule has 1 unspecified atom stereocenters. The van der Waals surface area contributed by atoms with E-state index in [0.717, 1.165) is 25.6 Å². The van der Waals surface area contributed by atoms with Gasteiger partial charge in [0.15, 0.2) is 5.82 Å². The average molecular weight is 250 g/mol. The minimum atomic E-state index is -0.243. The molecule has 6 nitrogen and oxygen atoms in total. The molecule has 0 spiro atoms. The first-order chi connectivity index (χ1) is 8.78. The number of hydrogen-bond donors (Lipinski definition) is 2. The fourth-order valence-electron chi connectivity index (χ4n) is 2.55. The monoisotopic (exact) mass is 250 g/mol. The van der Waals surface area contributed by atoms with Gasteiger partial charge >= 0.3 is 0 Å². The molecule has 2 fully saturated rings. The Morgan fingerprint density at radius 2 is 2.33 bits per heavy atom. The molecule has 1 saturated carbocycles. The first-order valence-electron chi connectivity index (χ1n) is 6.40. The summed E-state index contributed by atoms with van der Waals surface area (Å²) in [7, 11) is 1.49. The third kappa shape index (κ3) is 2.20. The Labute approximate surface area is 105 Å². The fraction of sp³-hybridized carbons (Fsp3) is 0.667. The Bertz CT molecular complexity index is 483. The number of nitrogens with zero attached hydrogens (tertiary/aromatic N) is 2. The van der Waals surface area contributed by atoms with Crippen molar-refractivity contribution in [1.82, 2.24) is 14.9 Å². The van der Waals surface area contributed by atoms with Crippen LogP contribution in [0.2, 0.25) is 0 Å². The zero-order chi connectivity index (χ0) is 12.5. The Hall–Kier alpha value is -1.56. The van der Waals surface area contributed by atoms with Crippen molar-refractivity contribution in [3.05, 3.63) is 16.7 Å². The van der Waals surface area contributed by atoms with Gasteiger partial charge in [0, 0.05) is 25.2 Å². The Kier molecular flexibility index (Phi) is 2.95. The predicted octanol–water partition coefficient (Wildman–Crippen LogP) is 0.427. The van der Waals surface area contributed by atoms with Crippen LogP contribution in [0.4, 0.5) is 5.82 Å². The maximum atomic E-state index is 11.6. The van der Waals surface area contributed by atoms with Gasteiger partial charge in [0.05, 0.1) is 13.4 Å². The summed E-state index contributed by atoms with van der Waals surface area (Å²) >= 11 is 0. The second-order valence-electron chi connectivity index (χ2n) is 4.97. The lowest BCUT2D eigenvalue weighted by Crippen LogP contribution is -2.28. The van der Waals surface area contributed by atoms with E-state index >= 15 is 0 Å². The minimum absolute atomic E-state index is 0.243. The normalized spacial score (nSPS) is 24.2. The summed E-state index contributed by atoms with van der Waals surface area (Å²) in [6.45, 7) is 2.16. The van der Waals surface area contributed by atoms with E-state index in [4.69, 9.17) is 4.74 Å². The summed E-state index contributed by atoms with van der Waals surface area (Å²) in [5, 5.41) is 3.32. The zero-order valence-corrected chi connectivity index (χ0v) is 10.5. The van der Waals surface area contributed by atoms with Crippen molar-refractivity contribution < 1.29 is 4.74 Å². The number of methoxy groups -OCH3 is 1. The molecule has 18 heavy (non-hydrogen) atoms. The van der Waals surface area contributed by atoms with Gasteiger partial charge in [-0.2, -0.15) is 0 Å². The molecule has 98 valence electrons. The van der Waals surface area contributed by atoms with Gasteiger partial charge in [-0.15, -0.1) is 0 Å². The molecule has 0 aromatic carbocycles. The molecule has 6 heteroatoms. The average Bonchev–Trinajstić information content (AvgIpc) is 3.11. The Morgan fingerprint density at radius 1 is 1.50 bits per heavy atom. The number of anilines is 1. The second-order valence-corrected chi connectivity index (χ2v) is 4.97. The predicted molar refractivity (Wildman–Crippen MR) is 68.0 cm³/mol. The molecule has 0 amide bonds. The number of ether oxygens (including phenoxy) is 1. The summed E-state index contributed by atoms with van der Waals surface area (Å²) in [5.41, 5.74) is -0.243. The first kappa shape index (κ1) is 11.5. The highest BCUT2D eigenvalue weighted by molar-refractivity contribution is 5.48.